The number of nitro benzene ring substituents is 2. The summed E-state index contributed by atoms with van der Waals surface area (Å²) in [5, 5.41) is 25.0. The third-order valence-electron chi connectivity index (χ3n) is 6.02. The maximum Gasteiger partial charge on any atom is 0.410 e. The predicted octanol–water partition coefficient (Wildman–Crippen LogP) is 6.54. The van der Waals surface area contributed by atoms with Gasteiger partial charge in [-0.3, -0.25) is 20.2 Å². The van der Waals surface area contributed by atoms with Crippen molar-refractivity contribution >= 4 is 17.5 Å². The number of ether oxygens (including phenoxy) is 1. The minimum Gasteiger partial charge on any atom is -0.444 e. The molecular formula is C29H44N4O6. The van der Waals surface area contributed by atoms with Crippen LogP contribution in [0, 0.1) is 34.1 Å². The molecule has 216 valence electrons. The van der Waals surface area contributed by atoms with E-state index in [2.05, 4.69) is 12.2 Å². The first-order valence-corrected chi connectivity index (χ1v) is 13.5. The summed E-state index contributed by atoms with van der Waals surface area (Å²) in [6.45, 7) is 16.1. The number of amides is 1. The molecule has 0 saturated heterocycles. The van der Waals surface area contributed by atoms with E-state index in [0.717, 1.165) is 49.0 Å². The zero-order valence-electron chi connectivity index (χ0n) is 24.4. The molecule has 0 aliphatic heterocycles. The van der Waals surface area contributed by atoms with Crippen LogP contribution in [0.5, 0.6) is 0 Å². The van der Waals surface area contributed by atoms with E-state index in [1.54, 1.807) is 30.0 Å². The van der Waals surface area contributed by atoms with Crippen LogP contribution in [0.25, 0.3) is 0 Å². The highest BCUT2D eigenvalue weighted by molar-refractivity contribution is 5.68. The molecule has 39 heavy (non-hydrogen) atoms. The van der Waals surface area contributed by atoms with E-state index >= 15 is 0 Å². The van der Waals surface area contributed by atoms with Gasteiger partial charge in [-0.15, -0.1) is 0 Å². The lowest BCUT2D eigenvalue weighted by Gasteiger charge is -2.27. The molecule has 0 fully saturated rings. The molecule has 1 amide bonds. The highest BCUT2D eigenvalue weighted by atomic mass is 16.6. The van der Waals surface area contributed by atoms with Gasteiger partial charge in [-0.25, -0.2) is 4.79 Å². The fraction of sp³-hybridized carbons (Fsp3) is 0.552. The molecule has 0 spiro atoms. The minimum absolute atomic E-state index is 0.113. The third kappa shape index (κ3) is 11.8. The average Bonchev–Trinajstić information content (AvgIpc) is 2.85. The lowest BCUT2D eigenvalue weighted by molar-refractivity contribution is -0.385. The maximum absolute atomic E-state index is 12.2. The molecule has 0 saturated carbocycles. The molecule has 0 aliphatic carbocycles. The van der Waals surface area contributed by atoms with Crippen LogP contribution in [0.3, 0.4) is 0 Å². The van der Waals surface area contributed by atoms with Crippen molar-refractivity contribution in [3.63, 3.8) is 0 Å². The zero-order chi connectivity index (χ0) is 29.6. The van der Waals surface area contributed by atoms with Gasteiger partial charge in [-0.2, -0.15) is 0 Å². The largest absolute Gasteiger partial charge is 0.444 e. The monoisotopic (exact) mass is 544 g/mol. The van der Waals surface area contributed by atoms with E-state index in [1.165, 1.54) is 6.07 Å². The van der Waals surface area contributed by atoms with E-state index in [9.17, 15) is 25.0 Å². The number of hydrogen-bond donors (Lipinski definition) is 1. The number of nitrogens with zero attached hydrogens (tertiary/aromatic N) is 3. The van der Waals surface area contributed by atoms with E-state index in [-0.39, 0.29) is 27.3 Å². The topological polar surface area (TPSA) is 128 Å². The second-order valence-electron chi connectivity index (χ2n) is 10.4. The van der Waals surface area contributed by atoms with Gasteiger partial charge in [0.05, 0.1) is 9.85 Å². The van der Waals surface area contributed by atoms with Crippen LogP contribution in [0.4, 0.5) is 16.2 Å². The number of carbonyl (C=O) groups excluding carboxylic acids is 1. The van der Waals surface area contributed by atoms with Gasteiger partial charge < -0.3 is 15.0 Å². The lowest BCUT2D eigenvalue weighted by Crippen LogP contribution is -2.38. The molecule has 0 aliphatic rings. The lowest BCUT2D eigenvalue weighted by atomic mass is 10.0. The molecule has 1 N–H and O–H groups in total. The smallest absolute Gasteiger partial charge is 0.410 e. The fourth-order valence-electron chi connectivity index (χ4n) is 3.95. The molecule has 0 aromatic heterocycles. The normalized spacial score (nSPS) is 10.8. The molecule has 10 nitrogen and oxygen atoms in total. The van der Waals surface area contributed by atoms with Crippen molar-refractivity contribution < 1.29 is 19.4 Å². The van der Waals surface area contributed by atoms with Gasteiger partial charge in [0.25, 0.3) is 11.4 Å². The van der Waals surface area contributed by atoms with Crippen molar-refractivity contribution in [2.45, 2.75) is 79.8 Å². The number of hydrogen-bond acceptors (Lipinski definition) is 7. The van der Waals surface area contributed by atoms with Crippen molar-refractivity contribution in [1.29, 1.82) is 0 Å². The minimum atomic E-state index is -0.537. The molecular weight excluding hydrogens is 500 g/mol. The average molecular weight is 545 g/mol. The summed E-state index contributed by atoms with van der Waals surface area (Å²) in [6.07, 6.45) is 2.99. The van der Waals surface area contributed by atoms with Crippen molar-refractivity contribution in [2.24, 2.45) is 0 Å². The van der Waals surface area contributed by atoms with Crippen LogP contribution in [-0.4, -0.2) is 52.6 Å². The number of rotatable bonds is 12. The van der Waals surface area contributed by atoms with Crippen molar-refractivity contribution in [3.05, 3.63) is 78.9 Å². The van der Waals surface area contributed by atoms with Gasteiger partial charge in [0.2, 0.25) is 0 Å². The molecule has 0 radical (unpaired) electrons. The SMILES string of the molecule is CCCN(CCc1cccc([N+](=O)[O-])c1C)C(=O)OC(C)(C)C.CCCNCCc1cccc([N+](=O)[O-])c1C. The molecule has 2 aromatic carbocycles. The summed E-state index contributed by atoms with van der Waals surface area (Å²) < 4.78 is 5.41. The molecule has 10 heteroatoms. The van der Waals surface area contributed by atoms with Gasteiger partial charge in [-0.05, 0) is 84.5 Å². The van der Waals surface area contributed by atoms with Crippen LogP contribution in [0.2, 0.25) is 0 Å². The van der Waals surface area contributed by atoms with Gasteiger partial charge >= 0.3 is 6.09 Å². The Bertz CT molecular complexity index is 1100. The van der Waals surface area contributed by atoms with Crippen molar-refractivity contribution in [2.75, 3.05) is 26.2 Å². The summed E-state index contributed by atoms with van der Waals surface area (Å²) in [5.41, 5.74) is 3.16. The molecule has 0 bridgehead atoms. The van der Waals surface area contributed by atoms with Crippen LogP contribution < -0.4 is 5.32 Å². The summed E-state index contributed by atoms with van der Waals surface area (Å²) in [6, 6.07) is 10.3. The second kappa shape index (κ2) is 16.4. The maximum atomic E-state index is 12.2. The van der Waals surface area contributed by atoms with Gasteiger partial charge in [0.1, 0.15) is 5.60 Å². The quantitative estimate of drug-likeness (QED) is 0.182. The number of carbonyl (C=O) groups is 1. The second-order valence-corrected chi connectivity index (χ2v) is 10.4. The standard InChI is InChI=1S/C17H26N2O4.C12H18N2O2/c1-6-11-18(16(20)23-17(3,4)5)12-10-14-8-7-9-15(13(14)2)19(21)22;1-3-8-13-9-7-11-5-4-6-12(10(11)2)14(15)16/h7-9H,6,10-12H2,1-5H3;4-6,13H,3,7-9H2,1-2H3. The zero-order valence-corrected chi connectivity index (χ0v) is 24.4. The first-order valence-electron chi connectivity index (χ1n) is 13.5. The van der Waals surface area contributed by atoms with E-state index < -0.39 is 5.60 Å². The first kappa shape index (κ1) is 33.5. The highest BCUT2D eigenvalue weighted by Crippen LogP contribution is 2.22. The Kier molecular flexibility index (Phi) is 14.1. The Morgan fingerprint density at radius 1 is 0.846 bits per heavy atom. The molecule has 2 rings (SSSR count). The Labute approximate surface area is 232 Å². The first-order chi connectivity index (χ1) is 18.3. The fourth-order valence-corrected chi connectivity index (χ4v) is 3.95. The Morgan fingerprint density at radius 2 is 1.36 bits per heavy atom. The molecule has 0 unspecified atom stereocenters. The van der Waals surface area contributed by atoms with Crippen LogP contribution in [-0.2, 0) is 17.6 Å². The van der Waals surface area contributed by atoms with Crippen LogP contribution >= 0.6 is 0 Å². The third-order valence-corrected chi connectivity index (χ3v) is 6.02. The number of benzene rings is 2. The number of nitrogens with one attached hydrogen (secondary N) is 1. The molecule has 0 atom stereocenters. The summed E-state index contributed by atoms with van der Waals surface area (Å²) >= 11 is 0. The Morgan fingerprint density at radius 3 is 1.79 bits per heavy atom. The predicted molar refractivity (Wildman–Crippen MR) is 154 cm³/mol. The van der Waals surface area contributed by atoms with Gasteiger partial charge in [0, 0.05) is 36.3 Å². The summed E-state index contributed by atoms with van der Waals surface area (Å²) in [4.78, 5) is 34.9. The van der Waals surface area contributed by atoms with Crippen LogP contribution in [0.15, 0.2) is 36.4 Å². The van der Waals surface area contributed by atoms with E-state index in [4.69, 9.17) is 4.74 Å². The van der Waals surface area contributed by atoms with E-state index in [0.29, 0.717) is 25.1 Å². The summed E-state index contributed by atoms with van der Waals surface area (Å²) in [7, 11) is 0. The van der Waals surface area contributed by atoms with Gasteiger partial charge in [0.15, 0.2) is 0 Å². The summed E-state index contributed by atoms with van der Waals surface area (Å²) in [5.74, 6) is 0. The Balaban J connectivity index is 0.000000416. The van der Waals surface area contributed by atoms with Gasteiger partial charge in [-0.1, -0.05) is 38.1 Å². The van der Waals surface area contributed by atoms with Crippen molar-refractivity contribution in [3.8, 4) is 0 Å². The number of nitro groups is 2. The highest BCUT2D eigenvalue weighted by Gasteiger charge is 2.22. The molecule has 0 heterocycles. The van der Waals surface area contributed by atoms with E-state index in [1.807, 2.05) is 46.8 Å². The van der Waals surface area contributed by atoms with Crippen molar-refractivity contribution in [1.82, 2.24) is 10.2 Å². The van der Waals surface area contributed by atoms with Crippen LogP contribution in [0.1, 0.15) is 69.7 Å². The Hall–Kier alpha value is -3.53. The molecule has 2 aromatic rings.